The lowest BCUT2D eigenvalue weighted by molar-refractivity contribution is 0.108. The van der Waals surface area contributed by atoms with Crippen LogP contribution in [0.5, 0.6) is 0 Å². The number of rotatable bonds is 5. The Labute approximate surface area is 160 Å². The summed E-state index contributed by atoms with van der Waals surface area (Å²) in [6, 6.07) is 22.4. The second-order valence-corrected chi connectivity index (χ2v) is 12.7. The predicted octanol–water partition coefficient (Wildman–Crippen LogP) is 4.09. The van der Waals surface area contributed by atoms with E-state index in [1.807, 2.05) is 0 Å². The summed E-state index contributed by atoms with van der Waals surface area (Å²) in [5, 5.41) is 6.49. The number of piperidine rings is 1. The first-order valence-electron chi connectivity index (χ1n) is 10.0. The fourth-order valence-electron chi connectivity index (χ4n) is 4.39. The van der Waals surface area contributed by atoms with Gasteiger partial charge in [-0.25, -0.2) is 0 Å². The van der Waals surface area contributed by atoms with Crippen LogP contribution in [0.25, 0.3) is 0 Å². The van der Waals surface area contributed by atoms with Gasteiger partial charge in [-0.3, -0.25) is 0 Å². The summed E-state index contributed by atoms with van der Waals surface area (Å²) in [6.07, 6.45) is 3.73. The van der Waals surface area contributed by atoms with Crippen molar-refractivity contribution in [2.45, 2.75) is 64.1 Å². The van der Waals surface area contributed by atoms with Gasteiger partial charge in [-0.15, -0.1) is 0 Å². The lowest BCUT2D eigenvalue weighted by Gasteiger charge is -2.47. The van der Waals surface area contributed by atoms with Crippen LogP contribution in [-0.4, -0.2) is 27.0 Å². The van der Waals surface area contributed by atoms with Gasteiger partial charge in [0.25, 0.3) is 8.32 Å². The highest BCUT2D eigenvalue weighted by molar-refractivity contribution is 6.99. The zero-order valence-electron chi connectivity index (χ0n) is 16.7. The van der Waals surface area contributed by atoms with E-state index in [9.17, 15) is 0 Å². The van der Waals surface area contributed by atoms with Gasteiger partial charge in [0.1, 0.15) is 0 Å². The van der Waals surface area contributed by atoms with Crippen LogP contribution in [0.3, 0.4) is 0 Å². The highest BCUT2D eigenvalue weighted by atomic mass is 28.4. The number of nitrogens with one attached hydrogen (secondary N) is 1. The van der Waals surface area contributed by atoms with Gasteiger partial charge in [0, 0.05) is 6.04 Å². The maximum Gasteiger partial charge on any atom is 0.261 e. The van der Waals surface area contributed by atoms with E-state index in [0.717, 1.165) is 19.4 Å². The average Bonchev–Trinajstić information content (AvgIpc) is 2.67. The van der Waals surface area contributed by atoms with Crippen LogP contribution in [0.4, 0.5) is 0 Å². The number of hydrogen-bond acceptors (Lipinski definition) is 2. The molecule has 0 radical (unpaired) electrons. The third-order valence-corrected chi connectivity index (χ3v) is 10.8. The molecule has 0 bridgehead atoms. The second-order valence-electron chi connectivity index (χ2n) is 8.43. The molecular weight excluding hydrogens is 334 g/mol. The van der Waals surface area contributed by atoms with E-state index in [4.69, 9.17) is 4.43 Å². The quantitative estimate of drug-likeness (QED) is 0.804. The van der Waals surface area contributed by atoms with Crippen LogP contribution < -0.4 is 15.7 Å². The van der Waals surface area contributed by atoms with E-state index in [0.29, 0.717) is 6.04 Å². The number of benzene rings is 2. The van der Waals surface area contributed by atoms with Crippen molar-refractivity contribution in [3.8, 4) is 0 Å². The molecule has 3 heteroatoms. The van der Waals surface area contributed by atoms with Crippen molar-refractivity contribution in [1.82, 2.24) is 5.32 Å². The molecule has 1 heterocycles. The monoisotopic (exact) mass is 367 g/mol. The lowest BCUT2D eigenvalue weighted by Crippen LogP contribution is -2.69. The van der Waals surface area contributed by atoms with Gasteiger partial charge in [0.2, 0.25) is 0 Å². The zero-order valence-corrected chi connectivity index (χ0v) is 17.7. The molecule has 0 aromatic heterocycles. The maximum absolute atomic E-state index is 7.30. The van der Waals surface area contributed by atoms with Gasteiger partial charge >= 0.3 is 0 Å². The molecular formula is C23H33NOSi. The van der Waals surface area contributed by atoms with Crippen molar-refractivity contribution in [3.05, 3.63) is 60.7 Å². The molecule has 2 nitrogen and oxygen atoms in total. The van der Waals surface area contributed by atoms with E-state index in [1.54, 1.807) is 0 Å². The normalized spacial score (nSPS) is 21.5. The molecule has 0 unspecified atom stereocenters. The van der Waals surface area contributed by atoms with Crippen molar-refractivity contribution in [3.63, 3.8) is 0 Å². The molecule has 0 saturated carbocycles. The van der Waals surface area contributed by atoms with Gasteiger partial charge in [-0.2, -0.15) is 0 Å². The molecule has 1 aliphatic heterocycles. The highest BCUT2D eigenvalue weighted by Crippen LogP contribution is 2.38. The Hall–Kier alpha value is -1.42. The molecule has 2 atom stereocenters. The minimum atomic E-state index is -2.43. The molecule has 0 amide bonds. The van der Waals surface area contributed by atoms with Gasteiger partial charge < -0.3 is 9.74 Å². The fraction of sp³-hybridized carbons (Fsp3) is 0.478. The summed E-state index contributed by atoms with van der Waals surface area (Å²) in [5.41, 5.74) is 0. The third kappa shape index (κ3) is 3.66. The Morgan fingerprint density at radius 3 is 1.96 bits per heavy atom. The van der Waals surface area contributed by atoms with E-state index in [1.165, 1.54) is 16.8 Å². The largest absolute Gasteiger partial charge is 0.403 e. The Kier molecular flexibility index (Phi) is 6.01. The fourth-order valence-corrected chi connectivity index (χ4v) is 9.14. The topological polar surface area (TPSA) is 21.3 Å². The van der Waals surface area contributed by atoms with Crippen molar-refractivity contribution in [1.29, 1.82) is 0 Å². The molecule has 2 aromatic carbocycles. The van der Waals surface area contributed by atoms with Crippen LogP contribution in [-0.2, 0) is 4.43 Å². The summed E-state index contributed by atoms with van der Waals surface area (Å²) < 4.78 is 7.30. The molecule has 0 spiro atoms. The van der Waals surface area contributed by atoms with Gasteiger partial charge in [-0.1, -0.05) is 88.4 Å². The maximum atomic E-state index is 7.30. The zero-order chi connectivity index (χ0) is 18.6. The average molecular weight is 368 g/mol. The summed E-state index contributed by atoms with van der Waals surface area (Å²) in [6.45, 7) is 10.5. The van der Waals surface area contributed by atoms with Crippen LogP contribution in [0.2, 0.25) is 5.04 Å². The van der Waals surface area contributed by atoms with E-state index in [-0.39, 0.29) is 11.1 Å². The smallest absolute Gasteiger partial charge is 0.261 e. The van der Waals surface area contributed by atoms with Crippen LogP contribution in [0.1, 0.15) is 47.0 Å². The molecule has 2 aromatic rings. The summed E-state index contributed by atoms with van der Waals surface area (Å²) in [5.74, 6) is 0. The molecule has 1 N–H and O–H groups in total. The van der Waals surface area contributed by atoms with Gasteiger partial charge in [-0.05, 0) is 41.2 Å². The Morgan fingerprint density at radius 2 is 1.50 bits per heavy atom. The third-order valence-electron chi connectivity index (χ3n) is 5.71. The Bertz CT molecular complexity index is 641. The molecule has 1 fully saturated rings. The van der Waals surface area contributed by atoms with Crippen LogP contribution in [0, 0.1) is 0 Å². The standard InChI is InChI=1S/C23H33NOSi/c1-5-21-22(17-12-18-24-21)25-26(23(2,3)4,19-13-8-6-9-14-19)20-15-10-7-11-16-20/h6-11,13-16,21-22,24H,5,12,17-18H2,1-4H3/t21-,22+/m1/s1. The van der Waals surface area contributed by atoms with Crippen LogP contribution in [0.15, 0.2) is 60.7 Å². The van der Waals surface area contributed by atoms with Gasteiger partial charge in [0.15, 0.2) is 0 Å². The summed E-state index contributed by atoms with van der Waals surface area (Å²) in [4.78, 5) is 0. The Balaban J connectivity index is 2.14. The highest BCUT2D eigenvalue weighted by Gasteiger charge is 2.52. The van der Waals surface area contributed by atoms with Gasteiger partial charge in [0.05, 0.1) is 6.10 Å². The van der Waals surface area contributed by atoms with E-state index < -0.39 is 8.32 Å². The van der Waals surface area contributed by atoms with Crippen molar-refractivity contribution < 1.29 is 4.43 Å². The van der Waals surface area contributed by atoms with E-state index >= 15 is 0 Å². The predicted molar refractivity (Wildman–Crippen MR) is 114 cm³/mol. The second kappa shape index (κ2) is 8.08. The molecule has 26 heavy (non-hydrogen) atoms. The SMILES string of the molecule is CC[C@H]1NCCC[C@@H]1O[Si](c1ccccc1)(c1ccccc1)C(C)(C)C. The summed E-state index contributed by atoms with van der Waals surface area (Å²) >= 11 is 0. The van der Waals surface area contributed by atoms with E-state index in [2.05, 4.69) is 93.7 Å². The number of hydrogen-bond donors (Lipinski definition) is 1. The molecule has 3 rings (SSSR count). The molecule has 140 valence electrons. The van der Waals surface area contributed by atoms with Crippen LogP contribution >= 0.6 is 0 Å². The molecule has 0 aliphatic carbocycles. The Morgan fingerprint density at radius 1 is 0.962 bits per heavy atom. The first-order chi connectivity index (χ1) is 12.5. The summed E-state index contributed by atoms with van der Waals surface area (Å²) in [7, 11) is -2.43. The van der Waals surface area contributed by atoms with Crippen molar-refractivity contribution in [2.24, 2.45) is 0 Å². The lowest BCUT2D eigenvalue weighted by atomic mass is 10.00. The van der Waals surface area contributed by atoms with Crippen molar-refractivity contribution >= 4 is 18.7 Å². The molecule has 1 saturated heterocycles. The minimum absolute atomic E-state index is 0.0471. The molecule has 1 aliphatic rings. The first-order valence-corrected chi connectivity index (χ1v) is 11.9. The first kappa shape index (κ1) is 19.3. The van der Waals surface area contributed by atoms with Crippen molar-refractivity contribution in [2.75, 3.05) is 6.54 Å². The minimum Gasteiger partial charge on any atom is -0.403 e.